The molecule has 2 heterocycles. The van der Waals surface area contributed by atoms with E-state index in [1.807, 2.05) is 30.2 Å². The average molecular weight is 355 g/mol. The van der Waals surface area contributed by atoms with Crippen molar-refractivity contribution in [3.8, 4) is 0 Å². The first kappa shape index (κ1) is 18.5. The maximum Gasteiger partial charge on any atom is 0.194 e. The van der Waals surface area contributed by atoms with Crippen LogP contribution in [0.25, 0.3) is 0 Å². The van der Waals surface area contributed by atoms with Crippen molar-refractivity contribution in [1.82, 2.24) is 20.0 Å². The zero-order valence-electron chi connectivity index (χ0n) is 15.8. The molecule has 1 aromatic carbocycles. The van der Waals surface area contributed by atoms with Gasteiger partial charge in [-0.25, -0.2) is 4.99 Å². The van der Waals surface area contributed by atoms with Crippen LogP contribution in [-0.4, -0.2) is 46.9 Å². The van der Waals surface area contributed by atoms with E-state index in [2.05, 4.69) is 46.5 Å². The average Bonchev–Trinajstić information content (AvgIpc) is 3.29. The standard InChI is InChI=1S/C20H29N5O/c1-3-21-20(22-11-19-12-23-24(2)13-19)25-10-9-18(14-25)16-26-15-17-7-5-4-6-8-17/h4-8,12-13,18H,3,9-11,14-16H2,1-2H3,(H,21,22). The Morgan fingerprint density at radius 1 is 1.31 bits per heavy atom. The molecule has 6 nitrogen and oxygen atoms in total. The molecule has 0 amide bonds. The predicted octanol–water partition coefficient (Wildman–Crippen LogP) is 2.42. The van der Waals surface area contributed by atoms with E-state index in [9.17, 15) is 0 Å². The lowest BCUT2D eigenvalue weighted by atomic mass is 10.1. The summed E-state index contributed by atoms with van der Waals surface area (Å²) in [4.78, 5) is 7.12. The van der Waals surface area contributed by atoms with Crippen LogP contribution in [-0.2, 0) is 24.9 Å². The van der Waals surface area contributed by atoms with Crippen molar-refractivity contribution < 1.29 is 4.74 Å². The summed E-state index contributed by atoms with van der Waals surface area (Å²) >= 11 is 0. The fourth-order valence-corrected chi connectivity index (χ4v) is 3.22. The Kier molecular flexibility index (Phi) is 6.66. The summed E-state index contributed by atoms with van der Waals surface area (Å²) < 4.78 is 7.74. The van der Waals surface area contributed by atoms with Crippen molar-refractivity contribution >= 4 is 5.96 Å². The Morgan fingerprint density at radius 3 is 2.88 bits per heavy atom. The van der Waals surface area contributed by atoms with Crippen LogP contribution in [0, 0.1) is 5.92 Å². The second-order valence-corrected chi connectivity index (χ2v) is 6.79. The molecule has 1 N–H and O–H groups in total. The molecule has 1 saturated heterocycles. The van der Waals surface area contributed by atoms with Gasteiger partial charge in [-0.1, -0.05) is 30.3 Å². The number of aromatic nitrogens is 2. The van der Waals surface area contributed by atoms with Gasteiger partial charge in [-0.2, -0.15) is 5.10 Å². The summed E-state index contributed by atoms with van der Waals surface area (Å²) in [5.74, 6) is 1.54. The van der Waals surface area contributed by atoms with Gasteiger partial charge in [0.05, 0.1) is 26.0 Å². The number of benzene rings is 1. The zero-order chi connectivity index (χ0) is 18.2. The SMILES string of the molecule is CCNC(=NCc1cnn(C)c1)N1CCC(COCc2ccccc2)C1. The number of guanidine groups is 1. The van der Waals surface area contributed by atoms with E-state index in [-0.39, 0.29) is 0 Å². The molecule has 0 aliphatic carbocycles. The number of ether oxygens (including phenoxy) is 1. The van der Waals surface area contributed by atoms with Gasteiger partial charge in [0, 0.05) is 44.4 Å². The fourth-order valence-electron chi connectivity index (χ4n) is 3.22. The van der Waals surface area contributed by atoms with Gasteiger partial charge in [-0.3, -0.25) is 4.68 Å². The third-order valence-corrected chi connectivity index (χ3v) is 4.56. The van der Waals surface area contributed by atoms with Gasteiger partial charge < -0.3 is 15.0 Å². The quantitative estimate of drug-likeness (QED) is 0.612. The molecule has 0 saturated carbocycles. The van der Waals surface area contributed by atoms with Crippen LogP contribution in [0.1, 0.15) is 24.5 Å². The highest BCUT2D eigenvalue weighted by Gasteiger charge is 2.25. The molecule has 1 fully saturated rings. The molecule has 0 spiro atoms. The first-order valence-corrected chi connectivity index (χ1v) is 9.37. The van der Waals surface area contributed by atoms with Gasteiger partial charge in [-0.15, -0.1) is 0 Å². The summed E-state index contributed by atoms with van der Waals surface area (Å²) in [5.41, 5.74) is 2.36. The summed E-state index contributed by atoms with van der Waals surface area (Å²) in [7, 11) is 1.93. The second kappa shape index (κ2) is 9.38. The Balaban J connectivity index is 1.48. The van der Waals surface area contributed by atoms with Crippen LogP contribution in [0.4, 0.5) is 0 Å². The van der Waals surface area contributed by atoms with Crippen LogP contribution in [0.2, 0.25) is 0 Å². The highest BCUT2D eigenvalue weighted by Crippen LogP contribution is 2.17. The van der Waals surface area contributed by atoms with Crippen molar-refractivity contribution in [3.05, 3.63) is 53.9 Å². The van der Waals surface area contributed by atoms with Crippen molar-refractivity contribution in [3.63, 3.8) is 0 Å². The minimum atomic E-state index is 0.556. The first-order chi connectivity index (χ1) is 12.7. The van der Waals surface area contributed by atoms with E-state index in [0.29, 0.717) is 19.1 Å². The Hall–Kier alpha value is -2.34. The van der Waals surface area contributed by atoms with Crippen molar-refractivity contribution in [1.29, 1.82) is 0 Å². The number of hydrogen-bond donors (Lipinski definition) is 1. The minimum Gasteiger partial charge on any atom is -0.376 e. The Bertz CT molecular complexity index is 697. The van der Waals surface area contributed by atoms with Gasteiger partial charge in [0.1, 0.15) is 0 Å². The third-order valence-electron chi connectivity index (χ3n) is 4.56. The Morgan fingerprint density at radius 2 is 2.15 bits per heavy atom. The number of rotatable bonds is 7. The molecular weight excluding hydrogens is 326 g/mol. The summed E-state index contributed by atoms with van der Waals surface area (Å²) in [6, 6.07) is 10.4. The van der Waals surface area contributed by atoms with Gasteiger partial charge >= 0.3 is 0 Å². The van der Waals surface area contributed by atoms with Gasteiger partial charge in [0.15, 0.2) is 5.96 Å². The molecule has 0 bridgehead atoms. The molecule has 1 aliphatic rings. The number of aryl methyl sites for hydroxylation is 1. The van der Waals surface area contributed by atoms with E-state index >= 15 is 0 Å². The third kappa shape index (κ3) is 5.33. The normalized spacial score (nSPS) is 17.7. The number of nitrogens with zero attached hydrogens (tertiary/aromatic N) is 4. The molecule has 1 aromatic heterocycles. The number of aliphatic imine (C=N–C) groups is 1. The first-order valence-electron chi connectivity index (χ1n) is 9.37. The van der Waals surface area contributed by atoms with Crippen LogP contribution in [0.15, 0.2) is 47.7 Å². The molecule has 26 heavy (non-hydrogen) atoms. The molecule has 2 aromatic rings. The molecule has 1 atom stereocenters. The molecule has 1 unspecified atom stereocenters. The summed E-state index contributed by atoms with van der Waals surface area (Å²) in [6.07, 6.45) is 5.03. The van der Waals surface area contributed by atoms with Gasteiger partial charge in [-0.05, 0) is 18.9 Å². The summed E-state index contributed by atoms with van der Waals surface area (Å²) in [5, 5.41) is 7.62. The topological polar surface area (TPSA) is 54.7 Å². The van der Waals surface area contributed by atoms with E-state index in [4.69, 9.17) is 9.73 Å². The number of nitrogens with one attached hydrogen (secondary N) is 1. The van der Waals surface area contributed by atoms with Crippen LogP contribution in [0.3, 0.4) is 0 Å². The molecule has 0 radical (unpaired) electrons. The maximum atomic E-state index is 5.93. The molecule has 1 aliphatic heterocycles. The lowest BCUT2D eigenvalue weighted by molar-refractivity contribution is 0.0906. The van der Waals surface area contributed by atoms with Crippen molar-refractivity contribution in [2.45, 2.75) is 26.5 Å². The van der Waals surface area contributed by atoms with Crippen molar-refractivity contribution in [2.75, 3.05) is 26.2 Å². The monoisotopic (exact) mass is 355 g/mol. The number of likely N-dealkylation sites (tertiary alicyclic amines) is 1. The molecule has 6 heteroatoms. The predicted molar refractivity (Wildman–Crippen MR) is 104 cm³/mol. The summed E-state index contributed by atoms with van der Waals surface area (Å²) in [6.45, 7) is 7.14. The highest BCUT2D eigenvalue weighted by molar-refractivity contribution is 5.80. The molecular formula is C20H29N5O. The van der Waals surface area contributed by atoms with E-state index in [1.54, 1.807) is 0 Å². The van der Waals surface area contributed by atoms with Gasteiger partial charge in [0.2, 0.25) is 0 Å². The largest absolute Gasteiger partial charge is 0.376 e. The van der Waals surface area contributed by atoms with E-state index in [1.165, 1.54) is 5.56 Å². The molecule has 3 rings (SSSR count). The lowest BCUT2D eigenvalue weighted by Gasteiger charge is -2.21. The van der Waals surface area contributed by atoms with Crippen LogP contribution >= 0.6 is 0 Å². The van der Waals surface area contributed by atoms with Crippen LogP contribution < -0.4 is 5.32 Å². The van der Waals surface area contributed by atoms with E-state index in [0.717, 1.165) is 44.2 Å². The highest BCUT2D eigenvalue weighted by atomic mass is 16.5. The van der Waals surface area contributed by atoms with Crippen molar-refractivity contribution in [2.24, 2.45) is 18.0 Å². The Labute approximate surface area is 155 Å². The van der Waals surface area contributed by atoms with E-state index < -0.39 is 0 Å². The smallest absolute Gasteiger partial charge is 0.194 e. The number of hydrogen-bond acceptors (Lipinski definition) is 3. The zero-order valence-corrected chi connectivity index (χ0v) is 15.8. The lowest BCUT2D eigenvalue weighted by Crippen LogP contribution is -2.40. The second-order valence-electron chi connectivity index (χ2n) is 6.79. The maximum absolute atomic E-state index is 5.93. The molecule has 140 valence electrons. The van der Waals surface area contributed by atoms with Gasteiger partial charge in [0.25, 0.3) is 0 Å². The minimum absolute atomic E-state index is 0.556. The van der Waals surface area contributed by atoms with Crippen LogP contribution in [0.5, 0.6) is 0 Å². The fraction of sp³-hybridized carbons (Fsp3) is 0.500.